The fourth-order valence-electron chi connectivity index (χ4n) is 5.01. The van der Waals surface area contributed by atoms with E-state index in [2.05, 4.69) is 32.8 Å². The zero-order chi connectivity index (χ0) is 18.1. The van der Waals surface area contributed by atoms with E-state index < -0.39 is 0 Å². The van der Waals surface area contributed by atoms with Crippen molar-refractivity contribution >= 4 is 17.5 Å². The molecule has 142 valence electrons. The van der Waals surface area contributed by atoms with Crippen LogP contribution in [0.3, 0.4) is 0 Å². The van der Waals surface area contributed by atoms with E-state index in [4.69, 9.17) is 0 Å². The van der Waals surface area contributed by atoms with Crippen LogP contribution in [0, 0.1) is 11.3 Å². The molecule has 26 heavy (non-hydrogen) atoms. The second kappa shape index (κ2) is 7.05. The SMILES string of the molecule is CC1CCN(c2cc(N3CCN(C)C(=O)C3)ncn2)CC12CCCCC2. The van der Waals surface area contributed by atoms with Crippen LogP contribution >= 0.6 is 0 Å². The van der Waals surface area contributed by atoms with Gasteiger partial charge in [-0.2, -0.15) is 0 Å². The van der Waals surface area contributed by atoms with Gasteiger partial charge in [-0.25, -0.2) is 9.97 Å². The number of hydrogen-bond donors (Lipinski definition) is 0. The summed E-state index contributed by atoms with van der Waals surface area (Å²) in [4.78, 5) is 27.4. The molecule has 0 N–H and O–H groups in total. The Balaban J connectivity index is 1.52. The number of aromatic nitrogens is 2. The van der Waals surface area contributed by atoms with Gasteiger partial charge in [0.15, 0.2) is 0 Å². The highest BCUT2D eigenvalue weighted by atomic mass is 16.2. The molecule has 1 aromatic rings. The molecule has 0 bridgehead atoms. The lowest BCUT2D eigenvalue weighted by Crippen LogP contribution is -2.50. The van der Waals surface area contributed by atoms with Crippen LogP contribution in [0.4, 0.5) is 11.6 Å². The highest BCUT2D eigenvalue weighted by molar-refractivity contribution is 5.82. The van der Waals surface area contributed by atoms with E-state index in [1.54, 1.807) is 11.2 Å². The number of piperidine rings is 1. The standard InChI is InChI=1S/C20H31N5O/c1-16-6-9-25(14-20(16)7-4-3-5-8-20)18-12-17(21-15-22-18)24-11-10-23(2)19(26)13-24/h12,15-16H,3-11,13-14H2,1-2H3. The van der Waals surface area contributed by atoms with Gasteiger partial charge in [-0.3, -0.25) is 4.79 Å². The number of piperazine rings is 1. The van der Waals surface area contributed by atoms with E-state index in [1.807, 2.05) is 7.05 Å². The van der Waals surface area contributed by atoms with Crippen molar-refractivity contribution in [2.24, 2.45) is 11.3 Å². The molecule has 1 spiro atoms. The normalized spacial score (nSPS) is 26.5. The molecule has 3 heterocycles. The molecular weight excluding hydrogens is 326 g/mol. The quantitative estimate of drug-likeness (QED) is 0.814. The van der Waals surface area contributed by atoms with Gasteiger partial charge >= 0.3 is 0 Å². The monoisotopic (exact) mass is 357 g/mol. The van der Waals surface area contributed by atoms with Gasteiger partial charge < -0.3 is 14.7 Å². The fourth-order valence-corrected chi connectivity index (χ4v) is 5.01. The first-order valence-corrected chi connectivity index (χ1v) is 10.1. The van der Waals surface area contributed by atoms with Crippen LogP contribution in [-0.4, -0.2) is 60.5 Å². The van der Waals surface area contributed by atoms with Gasteiger partial charge in [0.2, 0.25) is 5.91 Å². The molecule has 4 rings (SSSR count). The molecule has 2 saturated heterocycles. The van der Waals surface area contributed by atoms with Crippen molar-refractivity contribution in [3.8, 4) is 0 Å². The summed E-state index contributed by atoms with van der Waals surface area (Å²) in [6.45, 7) is 6.63. The molecule has 1 aliphatic carbocycles. The van der Waals surface area contributed by atoms with Gasteiger partial charge in [0.25, 0.3) is 0 Å². The Labute approximate surface area is 156 Å². The number of likely N-dealkylation sites (N-methyl/N-ethyl adjacent to an activating group) is 1. The highest BCUT2D eigenvalue weighted by Gasteiger charge is 2.42. The third kappa shape index (κ3) is 3.26. The van der Waals surface area contributed by atoms with Crippen molar-refractivity contribution in [2.45, 2.75) is 45.4 Å². The number of hydrogen-bond acceptors (Lipinski definition) is 5. The highest BCUT2D eigenvalue weighted by Crippen LogP contribution is 2.47. The number of nitrogens with zero attached hydrogens (tertiary/aromatic N) is 5. The van der Waals surface area contributed by atoms with Gasteiger partial charge in [0.05, 0.1) is 6.54 Å². The summed E-state index contributed by atoms with van der Waals surface area (Å²) in [6, 6.07) is 2.09. The zero-order valence-corrected chi connectivity index (χ0v) is 16.2. The maximum Gasteiger partial charge on any atom is 0.241 e. The molecule has 1 unspecified atom stereocenters. The van der Waals surface area contributed by atoms with Crippen LogP contribution < -0.4 is 9.80 Å². The zero-order valence-electron chi connectivity index (χ0n) is 16.2. The van der Waals surface area contributed by atoms with E-state index in [1.165, 1.54) is 38.5 Å². The molecule has 6 nitrogen and oxygen atoms in total. The predicted molar refractivity (Wildman–Crippen MR) is 103 cm³/mol. The third-order valence-electron chi connectivity index (χ3n) is 6.98. The second-order valence-electron chi connectivity index (χ2n) is 8.51. The summed E-state index contributed by atoms with van der Waals surface area (Å²) < 4.78 is 0. The summed E-state index contributed by atoms with van der Waals surface area (Å²) in [5.41, 5.74) is 0.464. The Bertz CT molecular complexity index is 657. The minimum absolute atomic E-state index is 0.157. The molecule has 1 aromatic heterocycles. The van der Waals surface area contributed by atoms with Crippen molar-refractivity contribution < 1.29 is 4.79 Å². The summed E-state index contributed by atoms with van der Waals surface area (Å²) in [5, 5.41) is 0. The van der Waals surface area contributed by atoms with Crippen molar-refractivity contribution in [1.29, 1.82) is 0 Å². The number of rotatable bonds is 2. The molecule has 6 heteroatoms. The molecule has 3 fully saturated rings. The fraction of sp³-hybridized carbons (Fsp3) is 0.750. The maximum absolute atomic E-state index is 12.0. The Morgan fingerprint density at radius 2 is 1.77 bits per heavy atom. The van der Waals surface area contributed by atoms with E-state index in [0.717, 1.165) is 43.7 Å². The van der Waals surface area contributed by atoms with E-state index in [-0.39, 0.29) is 5.91 Å². The minimum Gasteiger partial charge on any atom is -0.356 e. The van der Waals surface area contributed by atoms with Crippen molar-refractivity contribution in [1.82, 2.24) is 14.9 Å². The largest absolute Gasteiger partial charge is 0.356 e. The van der Waals surface area contributed by atoms with E-state index in [0.29, 0.717) is 12.0 Å². The summed E-state index contributed by atoms with van der Waals surface area (Å²) in [5.74, 6) is 2.87. The number of amides is 1. The molecule has 1 atom stereocenters. The van der Waals surface area contributed by atoms with Crippen molar-refractivity contribution in [3.63, 3.8) is 0 Å². The Kier molecular flexibility index (Phi) is 4.76. The second-order valence-corrected chi connectivity index (χ2v) is 8.51. The first-order chi connectivity index (χ1) is 12.6. The van der Waals surface area contributed by atoms with E-state index >= 15 is 0 Å². The molecule has 3 aliphatic rings. The van der Waals surface area contributed by atoms with Crippen LogP contribution in [0.5, 0.6) is 0 Å². The van der Waals surface area contributed by atoms with Gasteiger partial charge in [-0.15, -0.1) is 0 Å². The molecule has 0 aromatic carbocycles. The molecule has 0 radical (unpaired) electrons. The van der Waals surface area contributed by atoms with Gasteiger partial charge in [0, 0.05) is 39.3 Å². The lowest BCUT2D eigenvalue weighted by Gasteiger charge is -2.50. The van der Waals surface area contributed by atoms with Gasteiger partial charge in [0.1, 0.15) is 18.0 Å². The lowest BCUT2D eigenvalue weighted by atomic mass is 9.63. The van der Waals surface area contributed by atoms with E-state index in [9.17, 15) is 4.79 Å². The lowest BCUT2D eigenvalue weighted by molar-refractivity contribution is -0.129. The Morgan fingerprint density at radius 3 is 2.50 bits per heavy atom. The third-order valence-corrected chi connectivity index (χ3v) is 6.98. The van der Waals surface area contributed by atoms with Crippen LogP contribution in [0.15, 0.2) is 12.4 Å². The smallest absolute Gasteiger partial charge is 0.241 e. The summed E-state index contributed by atoms with van der Waals surface area (Å²) in [7, 11) is 1.86. The van der Waals surface area contributed by atoms with Crippen molar-refractivity contribution in [3.05, 3.63) is 12.4 Å². The van der Waals surface area contributed by atoms with Gasteiger partial charge in [-0.05, 0) is 30.6 Å². The average Bonchev–Trinajstić information content (AvgIpc) is 2.67. The molecular formula is C20H31N5O. The van der Waals surface area contributed by atoms with Crippen LogP contribution in [0.2, 0.25) is 0 Å². The number of anilines is 2. The predicted octanol–water partition coefficient (Wildman–Crippen LogP) is 2.55. The Morgan fingerprint density at radius 1 is 1.04 bits per heavy atom. The first-order valence-electron chi connectivity index (χ1n) is 10.1. The summed E-state index contributed by atoms with van der Waals surface area (Å²) >= 11 is 0. The molecule has 1 amide bonds. The molecule has 1 saturated carbocycles. The summed E-state index contributed by atoms with van der Waals surface area (Å²) in [6.07, 6.45) is 9.76. The Hall–Kier alpha value is -1.85. The number of carbonyl (C=O) groups excluding carboxylic acids is 1. The topological polar surface area (TPSA) is 52.6 Å². The number of carbonyl (C=O) groups is 1. The molecule has 2 aliphatic heterocycles. The first kappa shape index (κ1) is 17.6. The minimum atomic E-state index is 0.157. The van der Waals surface area contributed by atoms with Crippen LogP contribution in [-0.2, 0) is 4.79 Å². The average molecular weight is 358 g/mol. The van der Waals surface area contributed by atoms with Gasteiger partial charge in [-0.1, -0.05) is 26.2 Å². The van der Waals surface area contributed by atoms with Crippen LogP contribution in [0.1, 0.15) is 45.4 Å². The van der Waals surface area contributed by atoms with Crippen LogP contribution in [0.25, 0.3) is 0 Å². The maximum atomic E-state index is 12.0. The van der Waals surface area contributed by atoms with Crippen molar-refractivity contribution in [2.75, 3.05) is 49.6 Å².